The molecule has 0 fully saturated rings. The normalized spacial score (nSPS) is 12.8. The van der Waals surface area contributed by atoms with Crippen LogP contribution in [0.5, 0.6) is 0 Å². The average molecular weight is 312 g/mol. The van der Waals surface area contributed by atoms with Gasteiger partial charge < -0.3 is 0 Å². The van der Waals surface area contributed by atoms with Gasteiger partial charge in [-0.25, -0.2) is 0 Å². The molecule has 0 saturated heterocycles. The Bertz CT molecular complexity index is 613. The first kappa shape index (κ1) is 15.8. The maximum absolute atomic E-state index is 4.51. The number of hydrogen-bond acceptors (Lipinski definition) is 2. The zero-order chi connectivity index (χ0) is 15.1. The van der Waals surface area contributed by atoms with E-state index in [1.54, 1.807) is 0 Å². The minimum absolute atomic E-state index is 0.994. The van der Waals surface area contributed by atoms with Crippen LogP contribution in [0, 0.1) is 0 Å². The maximum atomic E-state index is 4.51. The second-order valence-corrected chi connectivity index (χ2v) is 12.3. The van der Waals surface area contributed by atoms with Gasteiger partial charge in [-0.15, -0.1) is 0 Å². The molecule has 0 amide bonds. The zero-order valence-corrected chi connectivity index (χ0v) is 14.6. The topological polar surface area (TPSA) is 12.4 Å². The molecule has 0 aliphatic rings. The first-order valence-electron chi connectivity index (χ1n) is 7.08. The molecule has 21 heavy (non-hydrogen) atoms. The molecule has 108 valence electrons. The molecule has 0 spiro atoms. The van der Waals surface area contributed by atoms with Crippen LogP contribution in [0.3, 0.4) is 0 Å². The Morgan fingerprint density at radius 2 is 1.48 bits per heavy atom. The maximum Gasteiger partial charge on any atom is 0.0862 e. The SMILES string of the molecule is C[Si](C)(C)/C(=C/C=Nc1ccccc1)Sc1ccccc1. The third-order valence-corrected chi connectivity index (χ3v) is 7.57. The zero-order valence-electron chi connectivity index (χ0n) is 12.8. The van der Waals surface area contributed by atoms with Crippen molar-refractivity contribution < 1.29 is 0 Å². The number of thioether (sulfide) groups is 1. The van der Waals surface area contributed by atoms with Gasteiger partial charge in [0.1, 0.15) is 0 Å². The van der Waals surface area contributed by atoms with E-state index in [-0.39, 0.29) is 0 Å². The number of hydrogen-bond donors (Lipinski definition) is 0. The molecular formula is C18H21NSSi. The van der Waals surface area contributed by atoms with Gasteiger partial charge in [0.2, 0.25) is 0 Å². The van der Waals surface area contributed by atoms with E-state index < -0.39 is 8.07 Å². The molecule has 1 nitrogen and oxygen atoms in total. The summed E-state index contributed by atoms with van der Waals surface area (Å²) in [4.78, 5) is 5.80. The van der Waals surface area contributed by atoms with Gasteiger partial charge in [0.05, 0.1) is 13.8 Å². The fraction of sp³-hybridized carbons (Fsp3) is 0.167. The van der Waals surface area contributed by atoms with E-state index in [2.05, 4.69) is 61.0 Å². The summed E-state index contributed by atoms with van der Waals surface area (Å²) >= 11 is 1.86. The summed E-state index contributed by atoms with van der Waals surface area (Å²) in [5.74, 6) is 0. The minimum Gasteiger partial charge on any atom is -0.257 e. The van der Waals surface area contributed by atoms with Gasteiger partial charge in [-0.2, -0.15) is 0 Å². The molecule has 3 heteroatoms. The molecule has 0 aromatic heterocycles. The molecule has 0 N–H and O–H groups in total. The molecule has 0 aliphatic heterocycles. The molecule has 0 heterocycles. The average Bonchev–Trinajstić information content (AvgIpc) is 2.47. The van der Waals surface area contributed by atoms with Crippen molar-refractivity contribution in [2.45, 2.75) is 24.5 Å². The van der Waals surface area contributed by atoms with E-state index in [9.17, 15) is 0 Å². The largest absolute Gasteiger partial charge is 0.257 e. The van der Waals surface area contributed by atoms with E-state index >= 15 is 0 Å². The second kappa shape index (κ2) is 7.43. The molecule has 0 radical (unpaired) electrons. The number of nitrogens with zero attached hydrogens (tertiary/aromatic N) is 1. The van der Waals surface area contributed by atoms with Crippen molar-refractivity contribution in [1.29, 1.82) is 0 Å². The Kier molecular flexibility index (Phi) is 5.59. The van der Waals surface area contributed by atoms with Crippen LogP contribution in [0.25, 0.3) is 0 Å². The lowest BCUT2D eigenvalue weighted by Crippen LogP contribution is -2.22. The summed E-state index contributed by atoms with van der Waals surface area (Å²) in [5, 5.41) is 0. The molecule has 0 unspecified atom stereocenters. The van der Waals surface area contributed by atoms with E-state index in [1.807, 2.05) is 48.3 Å². The molecule has 2 aromatic rings. The predicted molar refractivity (Wildman–Crippen MR) is 98.3 cm³/mol. The van der Waals surface area contributed by atoms with E-state index in [0.29, 0.717) is 0 Å². The van der Waals surface area contributed by atoms with Crippen molar-refractivity contribution >= 4 is 31.7 Å². The summed E-state index contributed by atoms with van der Waals surface area (Å²) in [5.41, 5.74) is 0.994. The van der Waals surface area contributed by atoms with Gasteiger partial charge in [-0.3, -0.25) is 4.99 Å². The number of rotatable bonds is 5. The van der Waals surface area contributed by atoms with Crippen molar-refractivity contribution in [3.8, 4) is 0 Å². The van der Waals surface area contributed by atoms with Crippen LogP contribution in [-0.4, -0.2) is 14.3 Å². The first-order chi connectivity index (χ1) is 10.1. The van der Waals surface area contributed by atoms with E-state index in [1.165, 1.54) is 9.42 Å². The molecular weight excluding hydrogens is 290 g/mol. The monoisotopic (exact) mass is 311 g/mol. The Morgan fingerprint density at radius 1 is 0.905 bits per heavy atom. The highest BCUT2D eigenvalue weighted by Gasteiger charge is 2.20. The lowest BCUT2D eigenvalue weighted by molar-refractivity contribution is 1.47. The van der Waals surface area contributed by atoms with E-state index in [4.69, 9.17) is 0 Å². The van der Waals surface area contributed by atoms with Crippen molar-refractivity contribution in [3.05, 3.63) is 71.3 Å². The van der Waals surface area contributed by atoms with Crippen LogP contribution < -0.4 is 0 Å². The van der Waals surface area contributed by atoms with Crippen LogP contribution >= 0.6 is 11.8 Å². The lowest BCUT2D eigenvalue weighted by atomic mass is 10.3. The summed E-state index contributed by atoms with van der Waals surface area (Å²) in [7, 11) is -1.37. The fourth-order valence-corrected chi connectivity index (χ4v) is 4.59. The number of allylic oxidation sites excluding steroid dienone is 1. The highest BCUT2D eigenvalue weighted by atomic mass is 32.2. The van der Waals surface area contributed by atoms with Crippen molar-refractivity contribution in [2.75, 3.05) is 0 Å². The van der Waals surface area contributed by atoms with Gasteiger partial charge >= 0.3 is 0 Å². The molecule has 0 aliphatic carbocycles. The summed E-state index contributed by atoms with van der Waals surface area (Å²) in [6.45, 7) is 7.10. The Morgan fingerprint density at radius 3 is 2.05 bits per heavy atom. The van der Waals surface area contributed by atoms with Crippen LogP contribution in [-0.2, 0) is 0 Å². The van der Waals surface area contributed by atoms with Crippen molar-refractivity contribution in [3.63, 3.8) is 0 Å². The molecule has 0 atom stereocenters. The van der Waals surface area contributed by atoms with Crippen LogP contribution in [0.15, 0.2) is 81.2 Å². The highest BCUT2D eigenvalue weighted by Crippen LogP contribution is 2.32. The summed E-state index contributed by atoms with van der Waals surface area (Å²) < 4.78 is 1.44. The number of para-hydroxylation sites is 1. The Labute approximate surface area is 132 Å². The molecule has 2 rings (SSSR count). The minimum atomic E-state index is -1.37. The summed E-state index contributed by atoms with van der Waals surface area (Å²) in [6.07, 6.45) is 4.11. The Balaban J connectivity index is 2.17. The van der Waals surface area contributed by atoms with Gasteiger partial charge in [0, 0.05) is 11.1 Å². The Hall–Kier alpha value is -1.58. The predicted octanol–water partition coefficient (Wildman–Crippen LogP) is 5.94. The van der Waals surface area contributed by atoms with Gasteiger partial charge in [0.25, 0.3) is 0 Å². The summed E-state index contributed by atoms with van der Waals surface area (Å²) in [6, 6.07) is 20.6. The highest BCUT2D eigenvalue weighted by molar-refractivity contribution is 8.05. The molecule has 0 bridgehead atoms. The third-order valence-electron chi connectivity index (χ3n) is 2.92. The van der Waals surface area contributed by atoms with Crippen LogP contribution in [0.4, 0.5) is 5.69 Å². The number of benzene rings is 2. The second-order valence-electron chi connectivity index (χ2n) is 5.81. The number of aliphatic imine (C=N–C) groups is 1. The van der Waals surface area contributed by atoms with Crippen LogP contribution in [0.2, 0.25) is 19.6 Å². The van der Waals surface area contributed by atoms with Crippen molar-refractivity contribution in [2.24, 2.45) is 4.99 Å². The fourth-order valence-electron chi connectivity index (χ4n) is 1.76. The van der Waals surface area contributed by atoms with Crippen molar-refractivity contribution in [1.82, 2.24) is 0 Å². The van der Waals surface area contributed by atoms with Gasteiger partial charge in [-0.05, 0) is 34.9 Å². The third kappa shape index (κ3) is 5.36. The first-order valence-corrected chi connectivity index (χ1v) is 11.4. The lowest BCUT2D eigenvalue weighted by Gasteiger charge is -2.19. The molecule has 2 aromatic carbocycles. The van der Waals surface area contributed by atoms with Crippen LogP contribution in [0.1, 0.15) is 0 Å². The van der Waals surface area contributed by atoms with Gasteiger partial charge in [0.15, 0.2) is 0 Å². The quantitative estimate of drug-likeness (QED) is 0.378. The van der Waals surface area contributed by atoms with Gasteiger partial charge in [-0.1, -0.05) is 67.8 Å². The molecule has 0 saturated carbocycles. The standard InChI is InChI=1S/C18H21NSSi/c1-21(2,3)18(20-17-12-8-5-9-13-17)14-15-19-16-10-6-4-7-11-16/h4-15H,1-3H3/b18-14+,19-15?. The smallest absolute Gasteiger partial charge is 0.0862 e. The van der Waals surface area contributed by atoms with E-state index in [0.717, 1.165) is 5.69 Å².